The molecule has 13 rings (SSSR count). The molecule has 0 unspecified atom stereocenters. The average molecular weight is 822 g/mol. The summed E-state index contributed by atoms with van der Waals surface area (Å²) < 4.78 is 7.10. The fourth-order valence-corrected chi connectivity index (χ4v) is 10.7. The number of rotatable bonds is 6. The molecule has 0 spiro atoms. The van der Waals surface area contributed by atoms with Crippen molar-refractivity contribution in [1.82, 2.24) is 24.1 Å². The Morgan fingerprint density at radius 3 is 1.63 bits per heavy atom. The monoisotopic (exact) mass is 821 g/mol. The molecule has 6 heteroatoms. The molecule has 5 nitrogen and oxygen atoms in total. The first-order valence-electron chi connectivity index (χ1n) is 21.2. The number of fused-ring (bicyclic) bond motifs is 9. The van der Waals surface area contributed by atoms with Gasteiger partial charge in [-0.05, 0) is 77.9 Å². The Morgan fingerprint density at radius 2 is 0.841 bits per heavy atom. The standard InChI is InChI=1S/C57H35N5S/c1-3-15-36(16-4-1)37-30-32-51-48(34-37)43-22-8-11-27-50(43)62(51)41-20-13-17-38(33-41)55-58-56(60-57(59-55)47-25-14-24-46-45-23-9-12-28-53(45)63-54(46)47)39-29-31-44-42-21-7-10-26-49(42)61(52(44)35-39)40-18-5-2-6-19-40/h1-35H. The van der Waals surface area contributed by atoms with E-state index in [1.165, 1.54) is 48.1 Å². The van der Waals surface area contributed by atoms with Crippen molar-refractivity contribution in [2.24, 2.45) is 0 Å². The largest absolute Gasteiger partial charge is 0.309 e. The topological polar surface area (TPSA) is 48.5 Å². The zero-order chi connectivity index (χ0) is 41.4. The molecule has 0 amide bonds. The van der Waals surface area contributed by atoms with Gasteiger partial charge in [-0.3, -0.25) is 0 Å². The number of para-hydroxylation sites is 3. The molecule has 0 bridgehead atoms. The van der Waals surface area contributed by atoms with E-state index in [9.17, 15) is 0 Å². The van der Waals surface area contributed by atoms with Crippen molar-refractivity contribution >= 4 is 75.1 Å². The Labute approximate surface area is 366 Å². The smallest absolute Gasteiger partial charge is 0.165 e. The molecule has 63 heavy (non-hydrogen) atoms. The van der Waals surface area contributed by atoms with E-state index in [4.69, 9.17) is 15.0 Å². The maximum atomic E-state index is 5.34. The lowest BCUT2D eigenvalue weighted by Gasteiger charge is -2.12. The highest BCUT2D eigenvalue weighted by atomic mass is 32.1. The fourth-order valence-electron chi connectivity index (χ4n) is 9.49. The Balaban J connectivity index is 1.03. The highest BCUT2D eigenvalue weighted by Gasteiger charge is 2.20. The first-order valence-corrected chi connectivity index (χ1v) is 22.0. The normalized spacial score (nSPS) is 11.8. The van der Waals surface area contributed by atoms with Gasteiger partial charge in [-0.2, -0.15) is 0 Å². The number of thiophene rings is 1. The third-order valence-corrected chi connectivity index (χ3v) is 13.6. The average Bonchev–Trinajstić information content (AvgIpc) is 4.02. The van der Waals surface area contributed by atoms with Crippen LogP contribution in [0.3, 0.4) is 0 Å². The lowest BCUT2D eigenvalue weighted by atomic mass is 10.0. The van der Waals surface area contributed by atoms with E-state index < -0.39 is 0 Å². The predicted octanol–water partition coefficient (Wildman–Crippen LogP) is 15.1. The summed E-state index contributed by atoms with van der Waals surface area (Å²) in [5.41, 5.74) is 11.9. The molecular formula is C57H35N5S. The molecular weight excluding hydrogens is 787 g/mol. The summed E-state index contributed by atoms with van der Waals surface area (Å²) in [4.78, 5) is 16.0. The van der Waals surface area contributed by atoms with E-state index in [-0.39, 0.29) is 0 Å². The molecule has 13 aromatic rings. The minimum atomic E-state index is 0.616. The minimum absolute atomic E-state index is 0.616. The van der Waals surface area contributed by atoms with Crippen molar-refractivity contribution in [3.8, 4) is 56.7 Å². The van der Waals surface area contributed by atoms with Crippen LogP contribution in [0.25, 0.3) is 120 Å². The highest BCUT2D eigenvalue weighted by molar-refractivity contribution is 7.26. The van der Waals surface area contributed by atoms with Crippen molar-refractivity contribution in [2.75, 3.05) is 0 Å². The van der Waals surface area contributed by atoms with E-state index in [2.05, 4.69) is 221 Å². The second-order valence-corrected chi connectivity index (χ2v) is 17.1. The van der Waals surface area contributed by atoms with Crippen LogP contribution < -0.4 is 0 Å². The van der Waals surface area contributed by atoms with E-state index >= 15 is 0 Å². The van der Waals surface area contributed by atoms with Gasteiger partial charge in [0.2, 0.25) is 0 Å². The summed E-state index contributed by atoms with van der Waals surface area (Å²) in [7, 11) is 0. The van der Waals surface area contributed by atoms with Gasteiger partial charge in [0.15, 0.2) is 17.5 Å². The molecule has 4 heterocycles. The van der Waals surface area contributed by atoms with Gasteiger partial charge in [-0.25, -0.2) is 15.0 Å². The van der Waals surface area contributed by atoms with Gasteiger partial charge in [-0.1, -0.05) is 146 Å². The number of benzene rings is 9. The van der Waals surface area contributed by atoms with E-state index in [1.807, 2.05) is 0 Å². The fraction of sp³-hybridized carbons (Fsp3) is 0. The Kier molecular flexibility index (Phi) is 8.01. The Hall–Kier alpha value is -8.19. The van der Waals surface area contributed by atoms with Gasteiger partial charge in [0.25, 0.3) is 0 Å². The van der Waals surface area contributed by atoms with Crippen LogP contribution in [-0.2, 0) is 0 Å². The maximum absolute atomic E-state index is 5.34. The first-order chi connectivity index (χ1) is 31.2. The van der Waals surface area contributed by atoms with Gasteiger partial charge < -0.3 is 9.13 Å². The number of hydrogen-bond acceptors (Lipinski definition) is 4. The van der Waals surface area contributed by atoms with Gasteiger partial charge in [0.05, 0.1) is 22.1 Å². The van der Waals surface area contributed by atoms with Crippen LogP contribution in [0.5, 0.6) is 0 Å². The zero-order valence-corrected chi connectivity index (χ0v) is 34.7. The summed E-state index contributed by atoms with van der Waals surface area (Å²) in [6.07, 6.45) is 0. The van der Waals surface area contributed by atoms with Crippen LogP contribution >= 0.6 is 11.3 Å². The number of nitrogens with zero attached hydrogens (tertiary/aromatic N) is 5. The van der Waals surface area contributed by atoms with Gasteiger partial charge in [0, 0.05) is 69.8 Å². The van der Waals surface area contributed by atoms with Crippen LogP contribution in [0.15, 0.2) is 212 Å². The van der Waals surface area contributed by atoms with Crippen LogP contribution in [0.1, 0.15) is 0 Å². The second-order valence-electron chi connectivity index (χ2n) is 16.0. The highest BCUT2D eigenvalue weighted by Crippen LogP contribution is 2.41. The van der Waals surface area contributed by atoms with Crippen molar-refractivity contribution in [3.05, 3.63) is 212 Å². The van der Waals surface area contributed by atoms with Crippen LogP contribution in [0.4, 0.5) is 0 Å². The summed E-state index contributed by atoms with van der Waals surface area (Å²) in [6, 6.07) is 75.6. The van der Waals surface area contributed by atoms with E-state index in [0.717, 1.165) is 54.8 Å². The molecule has 0 fully saturated rings. The van der Waals surface area contributed by atoms with Crippen LogP contribution in [0.2, 0.25) is 0 Å². The third kappa shape index (κ3) is 5.73. The molecule has 294 valence electrons. The second kappa shape index (κ2) is 14.2. The van der Waals surface area contributed by atoms with Crippen molar-refractivity contribution < 1.29 is 0 Å². The quantitative estimate of drug-likeness (QED) is 0.168. The molecule has 9 aromatic carbocycles. The van der Waals surface area contributed by atoms with Gasteiger partial charge in [0.1, 0.15) is 0 Å². The maximum Gasteiger partial charge on any atom is 0.165 e. The summed E-state index contributed by atoms with van der Waals surface area (Å²) >= 11 is 1.79. The molecule has 0 radical (unpaired) electrons. The van der Waals surface area contributed by atoms with Crippen LogP contribution in [-0.4, -0.2) is 24.1 Å². The molecule has 0 aliphatic rings. The lowest BCUT2D eigenvalue weighted by molar-refractivity contribution is 1.07. The SMILES string of the molecule is c1ccc(-c2ccc3c(c2)c2ccccc2n3-c2cccc(-c3nc(-c4ccc5c6ccccc6n(-c6ccccc6)c5c4)nc(-c4cccc5c4sc4ccccc45)n3)c2)cc1. The van der Waals surface area contributed by atoms with E-state index in [1.54, 1.807) is 11.3 Å². The molecule has 0 saturated heterocycles. The van der Waals surface area contributed by atoms with Crippen molar-refractivity contribution in [3.63, 3.8) is 0 Å². The van der Waals surface area contributed by atoms with E-state index in [0.29, 0.717) is 17.5 Å². The molecule has 4 aromatic heterocycles. The minimum Gasteiger partial charge on any atom is -0.309 e. The lowest BCUT2D eigenvalue weighted by Crippen LogP contribution is -2.01. The number of hydrogen-bond donors (Lipinski definition) is 0. The third-order valence-electron chi connectivity index (χ3n) is 12.4. The molecule has 0 atom stereocenters. The van der Waals surface area contributed by atoms with Crippen molar-refractivity contribution in [2.45, 2.75) is 0 Å². The van der Waals surface area contributed by atoms with Crippen LogP contribution in [0, 0.1) is 0 Å². The summed E-state index contributed by atoms with van der Waals surface area (Å²) in [5, 5.41) is 7.24. The van der Waals surface area contributed by atoms with Crippen molar-refractivity contribution in [1.29, 1.82) is 0 Å². The molecule has 0 saturated carbocycles. The predicted molar refractivity (Wildman–Crippen MR) is 263 cm³/mol. The zero-order valence-electron chi connectivity index (χ0n) is 33.9. The first kappa shape index (κ1) is 35.6. The number of aromatic nitrogens is 5. The summed E-state index contributed by atoms with van der Waals surface area (Å²) in [5.74, 6) is 1.88. The Bertz CT molecular complexity index is 3920. The van der Waals surface area contributed by atoms with Gasteiger partial charge >= 0.3 is 0 Å². The molecule has 0 aliphatic carbocycles. The van der Waals surface area contributed by atoms with Gasteiger partial charge in [-0.15, -0.1) is 11.3 Å². The Morgan fingerprint density at radius 1 is 0.302 bits per heavy atom. The summed E-state index contributed by atoms with van der Waals surface area (Å²) in [6.45, 7) is 0. The molecule has 0 aliphatic heterocycles. The molecule has 0 N–H and O–H groups in total.